The van der Waals surface area contributed by atoms with Crippen molar-refractivity contribution in [2.75, 3.05) is 19.5 Å². The van der Waals surface area contributed by atoms with Gasteiger partial charge < -0.3 is 14.3 Å². The number of rotatable bonds is 4. The van der Waals surface area contributed by atoms with Crippen molar-refractivity contribution >= 4 is 12.6 Å². The minimum absolute atomic E-state index is 0.184. The van der Waals surface area contributed by atoms with Crippen molar-refractivity contribution in [1.29, 1.82) is 0 Å². The average molecular weight is 329 g/mol. The maximum Gasteiger partial charge on any atom is 0.181 e. The number of aliphatic hydroxyl groups excluding tert-OH is 1. The van der Waals surface area contributed by atoms with Crippen LogP contribution < -0.4 is 4.74 Å². The number of thiol groups is 1. The van der Waals surface area contributed by atoms with Crippen LogP contribution in [0, 0.1) is 0 Å². The first kappa shape index (κ1) is 17.1. The fourth-order valence-corrected chi connectivity index (χ4v) is 1.97. The van der Waals surface area contributed by atoms with E-state index in [1.165, 1.54) is 6.39 Å². The zero-order valence-electron chi connectivity index (χ0n) is 12.8. The third-order valence-electron chi connectivity index (χ3n) is 3.13. The Kier molecular flexibility index (Phi) is 6.72. The summed E-state index contributed by atoms with van der Waals surface area (Å²) in [7, 11) is 1.67. The van der Waals surface area contributed by atoms with Gasteiger partial charge in [-0.15, -0.1) is 0 Å². The van der Waals surface area contributed by atoms with Gasteiger partial charge in [-0.2, -0.15) is 12.6 Å². The summed E-state index contributed by atoms with van der Waals surface area (Å²) in [4.78, 5) is 3.92. The molecule has 0 aliphatic rings. The molecule has 4 nitrogen and oxygen atoms in total. The van der Waals surface area contributed by atoms with Crippen LogP contribution in [0.1, 0.15) is 0 Å². The number of aromatic nitrogens is 1. The molecule has 0 aliphatic heterocycles. The Balaban J connectivity index is 0.000000433. The van der Waals surface area contributed by atoms with Gasteiger partial charge in [0.05, 0.1) is 19.9 Å². The molecule has 0 amide bonds. The van der Waals surface area contributed by atoms with Gasteiger partial charge in [0.2, 0.25) is 0 Å². The Hall–Kier alpha value is -2.24. The summed E-state index contributed by atoms with van der Waals surface area (Å²) in [5.74, 6) is 2.21. The molecule has 1 heterocycles. The first-order valence-electron chi connectivity index (χ1n) is 7.13. The first-order chi connectivity index (χ1) is 11.3. The maximum atomic E-state index is 7.80. The second-order valence-corrected chi connectivity index (χ2v) is 5.07. The molecule has 0 atom stereocenters. The lowest BCUT2D eigenvalue weighted by molar-refractivity contribution is 0.323. The van der Waals surface area contributed by atoms with E-state index in [9.17, 15) is 0 Å². The van der Waals surface area contributed by atoms with E-state index < -0.39 is 0 Å². The summed E-state index contributed by atoms with van der Waals surface area (Å²) in [5, 5.41) is 7.80. The van der Waals surface area contributed by atoms with Crippen LogP contribution in [-0.2, 0) is 0 Å². The molecule has 0 saturated carbocycles. The Bertz CT molecular complexity index is 677. The molecule has 1 aromatic heterocycles. The van der Waals surface area contributed by atoms with Crippen LogP contribution in [0.2, 0.25) is 0 Å². The van der Waals surface area contributed by atoms with Crippen molar-refractivity contribution in [2.45, 2.75) is 0 Å². The van der Waals surface area contributed by atoms with E-state index >= 15 is 0 Å². The third kappa shape index (κ3) is 4.87. The van der Waals surface area contributed by atoms with E-state index in [4.69, 9.17) is 14.3 Å². The lowest BCUT2D eigenvalue weighted by Gasteiger charge is -2.04. The highest BCUT2D eigenvalue weighted by Gasteiger charge is 2.02. The van der Waals surface area contributed by atoms with Gasteiger partial charge in [0.25, 0.3) is 0 Å². The molecule has 3 aromatic rings. The molecule has 0 saturated heterocycles. The number of nitrogens with zero attached hydrogens (tertiary/aromatic N) is 1. The quantitative estimate of drug-likeness (QED) is 0.712. The van der Waals surface area contributed by atoms with Crippen molar-refractivity contribution in [1.82, 2.24) is 4.98 Å². The predicted octanol–water partition coefficient (Wildman–Crippen LogP) is 3.93. The van der Waals surface area contributed by atoms with Crippen LogP contribution in [0.15, 0.2) is 65.5 Å². The van der Waals surface area contributed by atoms with Crippen LogP contribution in [-0.4, -0.2) is 29.6 Å². The Morgan fingerprint density at radius 1 is 1.00 bits per heavy atom. The number of hydrogen-bond donors (Lipinski definition) is 2. The summed E-state index contributed by atoms with van der Waals surface area (Å²) in [5.41, 5.74) is 3.34. The van der Waals surface area contributed by atoms with Gasteiger partial charge in [-0.05, 0) is 23.3 Å². The van der Waals surface area contributed by atoms with Gasteiger partial charge in [0, 0.05) is 11.3 Å². The summed E-state index contributed by atoms with van der Waals surface area (Å²) in [6.45, 7) is 0.184. The van der Waals surface area contributed by atoms with Crippen LogP contribution in [0.5, 0.6) is 5.75 Å². The molecule has 0 fully saturated rings. The normalized spacial score (nSPS) is 9.87. The van der Waals surface area contributed by atoms with Gasteiger partial charge in [-0.3, -0.25) is 0 Å². The highest BCUT2D eigenvalue weighted by Crippen LogP contribution is 2.25. The molecular weight excluding hydrogens is 310 g/mol. The Labute approximate surface area is 141 Å². The second kappa shape index (κ2) is 9.02. The topological polar surface area (TPSA) is 55.5 Å². The monoisotopic (exact) mass is 329 g/mol. The highest BCUT2D eigenvalue weighted by molar-refractivity contribution is 7.80. The number of aliphatic hydroxyl groups is 1. The fraction of sp³-hybridized carbons (Fsp3) is 0.167. The number of oxazole rings is 1. The summed E-state index contributed by atoms with van der Waals surface area (Å²) < 4.78 is 10.4. The molecule has 23 heavy (non-hydrogen) atoms. The molecular formula is C18H19NO3S. The van der Waals surface area contributed by atoms with E-state index in [1.54, 1.807) is 13.3 Å². The molecule has 0 spiro atoms. The standard InChI is InChI=1S/C16H13NO2.C2H6OS/c1-18-15-8-6-13(7-9-15)12-2-4-14(5-3-12)16-10-17-11-19-16;3-1-2-4/h2-11H,1H3;3-4H,1-2H2. The Morgan fingerprint density at radius 3 is 1.96 bits per heavy atom. The van der Waals surface area contributed by atoms with Gasteiger partial charge in [0.1, 0.15) is 5.75 Å². The summed E-state index contributed by atoms with van der Waals surface area (Å²) >= 11 is 3.67. The molecule has 0 unspecified atom stereocenters. The van der Waals surface area contributed by atoms with Gasteiger partial charge in [-0.25, -0.2) is 4.98 Å². The SMILES string of the molecule is COc1ccc(-c2ccc(-c3cnco3)cc2)cc1.OCCS. The predicted molar refractivity (Wildman–Crippen MR) is 94.9 cm³/mol. The largest absolute Gasteiger partial charge is 0.497 e. The third-order valence-corrected chi connectivity index (χ3v) is 3.33. The van der Waals surface area contributed by atoms with Crippen molar-refractivity contribution in [3.05, 3.63) is 61.1 Å². The number of benzene rings is 2. The van der Waals surface area contributed by atoms with Crippen LogP contribution in [0.3, 0.4) is 0 Å². The van der Waals surface area contributed by atoms with Gasteiger partial charge in [-0.1, -0.05) is 36.4 Å². The molecule has 2 aromatic carbocycles. The molecule has 0 radical (unpaired) electrons. The lowest BCUT2D eigenvalue weighted by Crippen LogP contribution is -1.83. The molecule has 1 N–H and O–H groups in total. The van der Waals surface area contributed by atoms with E-state index in [2.05, 4.69) is 29.7 Å². The zero-order valence-corrected chi connectivity index (χ0v) is 13.7. The molecule has 0 aliphatic carbocycles. The molecule has 3 rings (SSSR count). The van der Waals surface area contributed by atoms with Crippen molar-refractivity contribution in [3.63, 3.8) is 0 Å². The smallest absolute Gasteiger partial charge is 0.181 e. The summed E-state index contributed by atoms with van der Waals surface area (Å²) in [6.07, 6.45) is 3.15. The minimum Gasteiger partial charge on any atom is -0.497 e. The van der Waals surface area contributed by atoms with Crippen LogP contribution >= 0.6 is 12.6 Å². The van der Waals surface area contributed by atoms with Crippen LogP contribution in [0.25, 0.3) is 22.5 Å². The number of ether oxygens (including phenoxy) is 1. The maximum absolute atomic E-state index is 7.80. The molecule has 120 valence electrons. The van der Waals surface area contributed by atoms with E-state index in [-0.39, 0.29) is 6.61 Å². The van der Waals surface area contributed by atoms with E-state index in [1.807, 2.05) is 36.4 Å². The molecule has 0 bridgehead atoms. The van der Waals surface area contributed by atoms with Crippen molar-refractivity contribution < 1.29 is 14.3 Å². The van der Waals surface area contributed by atoms with Crippen molar-refractivity contribution in [2.24, 2.45) is 0 Å². The lowest BCUT2D eigenvalue weighted by atomic mass is 10.0. The highest BCUT2D eigenvalue weighted by atomic mass is 32.1. The van der Waals surface area contributed by atoms with Gasteiger partial charge >= 0.3 is 0 Å². The average Bonchev–Trinajstić information content (AvgIpc) is 3.17. The zero-order chi connectivity index (χ0) is 16.5. The van der Waals surface area contributed by atoms with Crippen molar-refractivity contribution in [3.8, 4) is 28.2 Å². The van der Waals surface area contributed by atoms with E-state index in [0.717, 1.165) is 28.2 Å². The van der Waals surface area contributed by atoms with Gasteiger partial charge in [0.15, 0.2) is 12.2 Å². The summed E-state index contributed by atoms with van der Waals surface area (Å²) in [6, 6.07) is 16.2. The molecule has 5 heteroatoms. The van der Waals surface area contributed by atoms with Crippen LogP contribution in [0.4, 0.5) is 0 Å². The first-order valence-corrected chi connectivity index (χ1v) is 7.76. The Morgan fingerprint density at radius 2 is 1.52 bits per heavy atom. The minimum atomic E-state index is 0.184. The number of methoxy groups -OCH3 is 1. The number of hydrogen-bond acceptors (Lipinski definition) is 5. The van der Waals surface area contributed by atoms with E-state index in [0.29, 0.717) is 5.75 Å². The fourth-order valence-electron chi connectivity index (χ4n) is 1.97. The second-order valence-electron chi connectivity index (χ2n) is 4.62.